The molecule has 1 amide bonds. The molecule has 1 aromatic carbocycles. The summed E-state index contributed by atoms with van der Waals surface area (Å²) in [6.07, 6.45) is 3.61. The molecule has 1 saturated carbocycles. The van der Waals surface area contributed by atoms with Gasteiger partial charge in [0.05, 0.1) is 9.82 Å². The Morgan fingerprint density at radius 3 is 2.58 bits per heavy atom. The third-order valence-corrected chi connectivity index (χ3v) is 5.16. The lowest BCUT2D eigenvalue weighted by molar-refractivity contribution is -0.385. The maximum Gasteiger partial charge on any atom is 0.271 e. The van der Waals surface area contributed by atoms with Crippen molar-refractivity contribution < 1.29 is 18.1 Å². The first-order chi connectivity index (χ1) is 10.7. The first kappa shape index (κ1) is 20.3. The highest BCUT2D eigenvalue weighted by atomic mass is 35.5. The molecule has 2 rings (SSSR count). The number of hydrogen-bond acceptors (Lipinski definition) is 6. The van der Waals surface area contributed by atoms with Crippen LogP contribution in [-0.2, 0) is 9.84 Å². The normalized spacial score (nSPS) is 20.2. The van der Waals surface area contributed by atoms with Gasteiger partial charge in [-0.3, -0.25) is 14.9 Å². The van der Waals surface area contributed by atoms with Gasteiger partial charge in [-0.15, -0.1) is 12.4 Å². The van der Waals surface area contributed by atoms with E-state index in [0.717, 1.165) is 43.7 Å². The fourth-order valence-electron chi connectivity index (χ4n) is 2.79. The van der Waals surface area contributed by atoms with Crippen LogP contribution >= 0.6 is 12.4 Å². The molecule has 2 atom stereocenters. The Morgan fingerprint density at radius 1 is 1.38 bits per heavy atom. The molecule has 2 unspecified atom stereocenters. The molecule has 134 valence electrons. The number of sulfone groups is 1. The SMILES string of the molecule is CS(=O)(=O)c1cc(C(=O)NC2CCCC2CN)cc([N+](=O)[O-])c1.Cl. The Kier molecular flexibility index (Phi) is 6.70. The number of benzene rings is 1. The monoisotopic (exact) mass is 377 g/mol. The molecule has 1 aliphatic carbocycles. The van der Waals surface area contributed by atoms with Crippen LogP contribution in [0.5, 0.6) is 0 Å². The molecule has 0 spiro atoms. The van der Waals surface area contributed by atoms with Gasteiger partial charge in [0.2, 0.25) is 0 Å². The zero-order valence-corrected chi connectivity index (χ0v) is 14.7. The average Bonchev–Trinajstić information content (AvgIpc) is 2.92. The maximum atomic E-state index is 12.3. The number of hydrogen-bond donors (Lipinski definition) is 2. The molecule has 0 saturated heterocycles. The van der Waals surface area contributed by atoms with Crippen molar-refractivity contribution in [3.63, 3.8) is 0 Å². The van der Waals surface area contributed by atoms with Gasteiger partial charge in [0, 0.05) is 30.0 Å². The second-order valence-corrected chi connectivity index (χ2v) is 7.77. The van der Waals surface area contributed by atoms with Gasteiger partial charge < -0.3 is 11.1 Å². The molecule has 1 fully saturated rings. The molecule has 1 aliphatic rings. The van der Waals surface area contributed by atoms with Gasteiger partial charge >= 0.3 is 0 Å². The number of halogens is 1. The van der Waals surface area contributed by atoms with Crippen LogP contribution in [0.25, 0.3) is 0 Å². The summed E-state index contributed by atoms with van der Waals surface area (Å²) in [6, 6.07) is 3.10. The molecule has 24 heavy (non-hydrogen) atoms. The maximum absolute atomic E-state index is 12.3. The Hall–Kier alpha value is -1.71. The molecule has 1 aromatic rings. The minimum atomic E-state index is -3.66. The van der Waals surface area contributed by atoms with E-state index in [1.807, 2.05) is 0 Å². The number of carbonyl (C=O) groups is 1. The van der Waals surface area contributed by atoms with Crippen LogP contribution in [0.4, 0.5) is 5.69 Å². The van der Waals surface area contributed by atoms with E-state index in [1.54, 1.807) is 0 Å². The van der Waals surface area contributed by atoms with E-state index in [4.69, 9.17) is 5.73 Å². The smallest absolute Gasteiger partial charge is 0.271 e. The number of nitro groups is 1. The first-order valence-electron chi connectivity index (χ1n) is 7.23. The number of rotatable bonds is 5. The van der Waals surface area contributed by atoms with E-state index in [2.05, 4.69) is 5.32 Å². The van der Waals surface area contributed by atoms with E-state index in [1.165, 1.54) is 0 Å². The third kappa shape index (κ3) is 4.65. The number of nitrogens with two attached hydrogens (primary N) is 1. The van der Waals surface area contributed by atoms with Gasteiger partial charge in [-0.1, -0.05) is 6.42 Å². The lowest BCUT2D eigenvalue weighted by atomic mass is 10.0. The minimum Gasteiger partial charge on any atom is -0.349 e. The molecule has 0 aromatic heterocycles. The lowest BCUT2D eigenvalue weighted by Crippen LogP contribution is -2.39. The topological polar surface area (TPSA) is 132 Å². The van der Waals surface area contributed by atoms with Crippen LogP contribution in [0.1, 0.15) is 29.6 Å². The predicted molar refractivity (Wildman–Crippen MR) is 91.1 cm³/mol. The highest BCUT2D eigenvalue weighted by Crippen LogP contribution is 2.26. The van der Waals surface area contributed by atoms with E-state index in [0.29, 0.717) is 6.54 Å². The summed E-state index contributed by atoms with van der Waals surface area (Å²) in [4.78, 5) is 22.3. The summed E-state index contributed by atoms with van der Waals surface area (Å²) in [5.74, 6) is -0.351. The van der Waals surface area contributed by atoms with Crippen LogP contribution in [0.3, 0.4) is 0 Å². The number of nitro benzene ring substituents is 1. The lowest BCUT2D eigenvalue weighted by Gasteiger charge is -2.19. The Labute approximate surface area is 146 Å². The van der Waals surface area contributed by atoms with Crippen molar-refractivity contribution in [1.82, 2.24) is 5.32 Å². The van der Waals surface area contributed by atoms with Crippen LogP contribution in [0.2, 0.25) is 0 Å². The minimum absolute atomic E-state index is 0. The second kappa shape index (κ2) is 7.91. The molecular formula is C14H20ClN3O5S. The highest BCUT2D eigenvalue weighted by Gasteiger charge is 2.28. The van der Waals surface area contributed by atoms with Gasteiger partial charge in [0.15, 0.2) is 9.84 Å². The van der Waals surface area contributed by atoms with Gasteiger partial charge in [-0.05, 0) is 31.4 Å². The average molecular weight is 378 g/mol. The number of carbonyl (C=O) groups excluding carboxylic acids is 1. The molecule has 0 heterocycles. The van der Waals surface area contributed by atoms with Crippen LogP contribution in [-0.4, -0.2) is 38.1 Å². The van der Waals surface area contributed by atoms with E-state index in [-0.39, 0.29) is 34.8 Å². The molecule has 0 bridgehead atoms. The molecule has 10 heteroatoms. The zero-order valence-electron chi connectivity index (χ0n) is 13.1. The standard InChI is InChI=1S/C14H19N3O5S.ClH/c1-23(21,22)12-6-10(5-11(7-12)17(19)20)14(18)16-13-4-2-3-9(13)8-15;/h5-7,9,13H,2-4,8,15H2,1H3,(H,16,18);1H. The number of nitrogens with zero attached hydrogens (tertiary/aromatic N) is 1. The number of non-ortho nitro benzene ring substituents is 1. The quantitative estimate of drug-likeness (QED) is 0.586. The van der Waals surface area contributed by atoms with Crippen molar-refractivity contribution in [1.29, 1.82) is 0 Å². The summed E-state index contributed by atoms with van der Waals surface area (Å²) < 4.78 is 23.3. The number of nitrogens with one attached hydrogen (secondary N) is 1. The van der Waals surface area contributed by atoms with Gasteiger partial charge in [0.1, 0.15) is 0 Å². The van der Waals surface area contributed by atoms with Crippen LogP contribution in [0, 0.1) is 16.0 Å². The van der Waals surface area contributed by atoms with Crippen LogP contribution in [0.15, 0.2) is 23.1 Å². The van der Waals surface area contributed by atoms with Crippen molar-refractivity contribution in [2.24, 2.45) is 11.7 Å². The molecule has 0 radical (unpaired) electrons. The zero-order chi connectivity index (χ0) is 17.2. The van der Waals surface area contributed by atoms with Gasteiger partial charge in [-0.25, -0.2) is 8.42 Å². The third-order valence-electron chi connectivity index (χ3n) is 4.07. The van der Waals surface area contributed by atoms with Gasteiger partial charge in [0.25, 0.3) is 11.6 Å². The van der Waals surface area contributed by atoms with Crippen molar-refractivity contribution in [2.45, 2.75) is 30.2 Å². The summed E-state index contributed by atoms with van der Waals surface area (Å²) >= 11 is 0. The van der Waals surface area contributed by atoms with Crippen molar-refractivity contribution in [3.8, 4) is 0 Å². The van der Waals surface area contributed by atoms with Crippen molar-refractivity contribution in [2.75, 3.05) is 12.8 Å². The summed E-state index contributed by atoms with van der Waals surface area (Å²) in [5, 5.41) is 13.8. The van der Waals surface area contributed by atoms with Crippen molar-refractivity contribution >= 4 is 33.8 Å². The Bertz CT molecular complexity index is 738. The van der Waals surface area contributed by atoms with Crippen molar-refractivity contribution in [3.05, 3.63) is 33.9 Å². The largest absolute Gasteiger partial charge is 0.349 e. The van der Waals surface area contributed by atoms with Crippen LogP contribution < -0.4 is 11.1 Å². The summed E-state index contributed by atoms with van der Waals surface area (Å²) in [5.41, 5.74) is 5.19. The molecular weight excluding hydrogens is 358 g/mol. The fourth-order valence-corrected chi connectivity index (χ4v) is 3.47. The van der Waals surface area contributed by atoms with E-state index in [9.17, 15) is 23.3 Å². The van der Waals surface area contributed by atoms with E-state index >= 15 is 0 Å². The molecule has 0 aliphatic heterocycles. The first-order valence-corrected chi connectivity index (χ1v) is 9.12. The Morgan fingerprint density at radius 2 is 2.04 bits per heavy atom. The second-order valence-electron chi connectivity index (χ2n) is 5.75. The fraction of sp³-hybridized carbons (Fsp3) is 0.500. The highest BCUT2D eigenvalue weighted by molar-refractivity contribution is 7.90. The number of amides is 1. The summed E-state index contributed by atoms with van der Waals surface area (Å²) in [7, 11) is -3.66. The Balaban J connectivity index is 0.00000288. The molecule has 8 nitrogen and oxygen atoms in total. The van der Waals surface area contributed by atoms with E-state index < -0.39 is 26.4 Å². The summed E-state index contributed by atoms with van der Waals surface area (Å²) in [6.45, 7) is 0.453. The predicted octanol–water partition coefficient (Wildman–Crippen LogP) is 1.28. The molecule has 3 N–H and O–H groups in total. The van der Waals surface area contributed by atoms with Gasteiger partial charge in [-0.2, -0.15) is 0 Å².